The largest absolute Gasteiger partial charge is 0.375 e. The monoisotopic (exact) mass is 282 g/mol. The number of rotatable bonds is 4. The lowest BCUT2D eigenvalue weighted by Crippen LogP contribution is -2.52. The quantitative estimate of drug-likeness (QED) is 0.916. The van der Waals surface area contributed by atoms with Crippen LogP contribution in [-0.2, 0) is 11.3 Å². The van der Waals surface area contributed by atoms with Crippen LogP contribution in [0.25, 0.3) is 0 Å². The molecule has 3 rings (SSSR count). The molecule has 0 spiro atoms. The van der Waals surface area contributed by atoms with E-state index in [1.165, 1.54) is 37.2 Å². The van der Waals surface area contributed by atoms with Gasteiger partial charge in [-0.15, -0.1) is 5.10 Å². The molecular formula is C13H22N4OS. The Bertz CT molecular complexity index is 409. The van der Waals surface area contributed by atoms with Gasteiger partial charge in [0.05, 0.1) is 12.7 Å². The molecule has 106 valence electrons. The number of nitrogens with one attached hydrogen (secondary N) is 1. The number of fused-ring (bicyclic) bond motifs is 1. The molecule has 19 heavy (non-hydrogen) atoms. The van der Waals surface area contributed by atoms with Crippen LogP contribution in [0.2, 0.25) is 0 Å². The molecule has 2 fully saturated rings. The zero-order valence-electron chi connectivity index (χ0n) is 11.5. The van der Waals surface area contributed by atoms with E-state index in [1.807, 2.05) is 0 Å². The van der Waals surface area contributed by atoms with E-state index in [4.69, 9.17) is 4.74 Å². The highest BCUT2D eigenvalue weighted by atomic mass is 32.1. The predicted molar refractivity (Wildman–Crippen MR) is 76.5 cm³/mol. The van der Waals surface area contributed by atoms with Crippen LogP contribution in [0, 0.1) is 0 Å². The average Bonchev–Trinajstić information content (AvgIpc) is 2.87. The second-order valence-electron chi connectivity index (χ2n) is 5.31. The SMILES string of the molecule is CCNc1snnc1CN1CCOC2CCCCC21. The molecule has 5 nitrogen and oxygen atoms in total. The highest BCUT2D eigenvalue weighted by molar-refractivity contribution is 7.10. The summed E-state index contributed by atoms with van der Waals surface area (Å²) < 4.78 is 10.00. The van der Waals surface area contributed by atoms with Gasteiger partial charge >= 0.3 is 0 Å². The molecule has 1 aromatic heterocycles. The first-order valence-corrected chi connectivity index (χ1v) is 8.06. The van der Waals surface area contributed by atoms with Gasteiger partial charge in [-0.1, -0.05) is 17.3 Å². The van der Waals surface area contributed by atoms with Crippen molar-refractivity contribution in [2.24, 2.45) is 0 Å². The third-order valence-electron chi connectivity index (χ3n) is 4.09. The molecule has 1 N–H and O–H groups in total. The summed E-state index contributed by atoms with van der Waals surface area (Å²) in [6.45, 7) is 5.81. The lowest BCUT2D eigenvalue weighted by molar-refractivity contribution is -0.0913. The Morgan fingerprint density at radius 3 is 3.21 bits per heavy atom. The number of anilines is 1. The van der Waals surface area contributed by atoms with Crippen molar-refractivity contribution >= 4 is 16.5 Å². The van der Waals surface area contributed by atoms with Gasteiger partial charge in [0, 0.05) is 37.2 Å². The van der Waals surface area contributed by atoms with Crippen LogP contribution in [0.15, 0.2) is 0 Å². The van der Waals surface area contributed by atoms with Crippen LogP contribution >= 0.6 is 11.5 Å². The van der Waals surface area contributed by atoms with Crippen LogP contribution in [0.1, 0.15) is 38.3 Å². The Labute approximate surface area is 118 Å². The molecule has 1 saturated carbocycles. The maximum atomic E-state index is 5.92. The van der Waals surface area contributed by atoms with Gasteiger partial charge in [0.1, 0.15) is 10.7 Å². The molecule has 0 bridgehead atoms. The first kappa shape index (κ1) is 13.3. The van der Waals surface area contributed by atoms with Crippen LogP contribution in [-0.4, -0.2) is 46.3 Å². The van der Waals surface area contributed by atoms with E-state index in [9.17, 15) is 0 Å². The van der Waals surface area contributed by atoms with E-state index < -0.39 is 0 Å². The third kappa shape index (κ3) is 2.90. The van der Waals surface area contributed by atoms with Gasteiger partial charge in [0.25, 0.3) is 0 Å². The molecule has 0 radical (unpaired) electrons. The second-order valence-corrected chi connectivity index (χ2v) is 6.06. The maximum absolute atomic E-state index is 5.92. The number of morpholine rings is 1. The minimum atomic E-state index is 0.441. The van der Waals surface area contributed by atoms with Crippen molar-refractivity contribution < 1.29 is 4.74 Å². The second kappa shape index (κ2) is 6.15. The summed E-state index contributed by atoms with van der Waals surface area (Å²) in [7, 11) is 0. The molecular weight excluding hydrogens is 260 g/mol. The Kier molecular flexibility index (Phi) is 4.30. The summed E-state index contributed by atoms with van der Waals surface area (Å²) in [5, 5.41) is 8.77. The van der Waals surface area contributed by atoms with Gasteiger partial charge in [-0.25, -0.2) is 0 Å². The van der Waals surface area contributed by atoms with Crippen molar-refractivity contribution in [1.29, 1.82) is 0 Å². The van der Waals surface area contributed by atoms with E-state index in [2.05, 4.69) is 26.7 Å². The topological polar surface area (TPSA) is 50.3 Å². The Morgan fingerprint density at radius 2 is 2.32 bits per heavy atom. The summed E-state index contributed by atoms with van der Waals surface area (Å²) in [5.41, 5.74) is 1.10. The number of aromatic nitrogens is 2. The van der Waals surface area contributed by atoms with Gasteiger partial charge in [-0.3, -0.25) is 4.90 Å². The first-order valence-electron chi connectivity index (χ1n) is 7.29. The molecule has 2 aliphatic rings. The average molecular weight is 282 g/mol. The summed E-state index contributed by atoms with van der Waals surface area (Å²) in [5.74, 6) is 0. The summed E-state index contributed by atoms with van der Waals surface area (Å²) in [4.78, 5) is 2.55. The van der Waals surface area contributed by atoms with Crippen molar-refractivity contribution in [2.45, 2.75) is 51.3 Å². The van der Waals surface area contributed by atoms with Gasteiger partial charge in [0.15, 0.2) is 0 Å². The molecule has 6 heteroatoms. The van der Waals surface area contributed by atoms with E-state index in [0.717, 1.165) is 36.9 Å². The van der Waals surface area contributed by atoms with Gasteiger partial charge in [0.2, 0.25) is 0 Å². The zero-order chi connectivity index (χ0) is 13.1. The van der Waals surface area contributed by atoms with Crippen molar-refractivity contribution in [3.05, 3.63) is 5.69 Å². The first-order chi connectivity index (χ1) is 9.38. The van der Waals surface area contributed by atoms with Crippen LogP contribution in [0.3, 0.4) is 0 Å². The van der Waals surface area contributed by atoms with Crippen molar-refractivity contribution in [2.75, 3.05) is 25.0 Å². The molecule has 0 aromatic carbocycles. The molecule has 1 saturated heterocycles. The van der Waals surface area contributed by atoms with Gasteiger partial charge in [-0.05, 0) is 19.8 Å². The minimum Gasteiger partial charge on any atom is -0.375 e. The molecule has 1 aliphatic heterocycles. The predicted octanol–water partition coefficient (Wildman–Crippen LogP) is 2.11. The fourth-order valence-electron chi connectivity index (χ4n) is 3.17. The summed E-state index contributed by atoms with van der Waals surface area (Å²) in [6.07, 6.45) is 5.57. The fraction of sp³-hybridized carbons (Fsp3) is 0.846. The van der Waals surface area contributed by atoms with E-state index in [0.29, 0.717) is 12.1 Å². The van der Waals surface area contributed by atoms with E-state index in [-0.39, 0.29) is 0 Å². The van der Waals surface area contributed by atoms with Crippen LogP contribution < -0.4 is 5.32 Å². The molecule has 0 amide bonds. The Morgan fingerprint density at radius 1 is 1.42 bits per heavy atom. The fourth-order valence-corrected chi connectivity index (χ4v) is 3.81. The number of hydrogen-bond donors (Lipinski definition) is 1. The lowest BCUT2D eigenvalue weighted by atomic mass is 9.90. The van der Waals surface area contributed by atoms with Gasteiger partial charge in [-0.2, -0.15) is 0 Å². The molecule has 2 atom stereocenters. The van der Waals surface area contributed by atoms with Crippen molar-refractivity contribution in [3.8, 4) is 0 Å². The highest BCUT2D eigenvalue weighted by Gasteiger charge is 2.34. The number of ether oxygens (including phenoxy) is 1. The smallest absolute Gasteiger partial charge is 0.134 e. The number of hydrogen-bond acceptors (Lipinski definition) is 6. The van der Waals surface area contributed by atoms with Crippen LogP contribution in [0.4, 0.5) is 5.00 Å². The van der Waals surface area contributed by atoms with E-state index in [1.54, 1.807) is 0 Å². The zero-order valence-corrected chi connectivity index (χ0v) is 12.3. The molecule has 2 heterocycles. The minimum absolute atomic E-state index is 0.441. The Balaban J connectivity index is 1.69. The summed E-state index contributed by atoms with van der Waals surface area (Å²) in [6, 6.07) is 0.582. The third-order valence-corrected chi connectivity index (χ3v) is 4.82. The number of nitrogens with zero attached hydrogens (tertiary/aromatic N) is 3. The highest BCUT2D eigenvalue weighted by Crippen LogP contribution is 2.30. The molecule has 1 aliphatic carbocycles. The van der Waals surface area contributed by atoms with Crippen molar-refractivity contribution in [1.82, 2.24) is 14.5 Å². The van der Waals surface area contributed by atoms with E-state index >= 15 is 0 Å². The molecule has 2 unspecified atom stereocenters. The summed E-state index contributed by atoms with van der Waals surface area (Å²) >= 11 is 1.46. The standard InChI is InChI=1S/C13H22N4OS/c1-2-14-13-10(15-16-19-13)9-17-7-8-18-12-6-4-3-5-11(12)17/h11-12,14H,2-9H2,1H3. The Hall–Kier alpha value is -0.720. The molecule has 1 aromatic rings. The lowest BCUT2D eigenvalue weighted by Gasteiger charge is -2.43. The maximum Gasteiger partial charge on any atom is 0.134 e. The normalized spacial score (nSPS) is 28.1. The van der Waals surface area contributed by atoms with Crippen LogP contribution in [0.5, 0.6) is 0 Å². The van der Waals surface area contributed by atoms with Gasteiger partial charge < -0.3 is 10.1 Å². The van der Waals surface area contributed by atoms with Crippen molar-refractivity contribution in [3.63, 3.8) is 0 Å².